The van der Waals surface area contributed by atoms with Gasteiger partial charge in [0.05, 0.1) is 26.8 Å². The van der Waals surface area contributed by atoms with Crippen LogP contribution in [-0.2, 0) is 0 Å². The summed E-state index contributed by atoms with van der Waals surface area (Å²) in [5, 5.41) is 4.17. The number of hydrogen-bond acceptors (Lipinski definition) is 1. The zero-order chi connectivity index (χ0) is 14.9. The number of anilines is 1. The predicted molar refractivity (Wildman–Crippen MR) is 84.6 cm³/mol. The van der Waals surface area contributed by atoms with Gasteiger partial charge in [-0.25, -0.2) is 4.39 Å². The summed E-state index contributed by atoms with van der Waals surface area (Å²) in [7, 11) is 0. The minimum Gasteiger partial charge on any atom is -0.376 e. The average Bonchev–Trinajstić information content (AvgIpc) is 2.39. The molecule has 0 heterocycles. The predicted octanol–water partition coefficient (Wildman–Crippen LogP) is 6.27. The largest absolute Gasteiger partial charge is 0.376 e. The molecule has 0 amide bonds. The molecule has 5 heteroatoms. The first-order chi connectivity index (χ1) is 9.40. The van der Waals surface area contributed by atoms with Crippen LogP contribution in [0.1, 0.15) is 24.1 Å². The molecule has 0 aliphatic rings. The molecule has 0 aliphatic heterocycles. The molecule has 20 heavy (non-hydrogen) atoms. The lowest BCUT2D eigenvalue weighted by Gasteiger charge is -2.18. The van der Waals surface area contributed by atoms with Crippen LogP contribution in [0.25, 0.3) is 0 Å². The van der Waals surface area contributed by atoms with Gasteiger partial charge in [0.25, 0.3) is 0 Å². The molecule has 1 N–H and O–H groups in total. The third-order valence-corrected chi connectivity index (χ3v) is 4.34. The quantitative estimate of drug-likeness (QED) is 0.653. The highest BCUT2D eigenvalue weighted by Crippen LogP contribution is 2.36. The molecule has 0 aromatic heterocycles. The van der Waals surface area contributed by atoms with Crippen LogP contribution in [0.4, 0.5) is 10.1 Å². The maximum atomic E-state index is 13.8. The summed E-state index contributed by atoms with van der Waals surface area (Å²) >= 11 is 18.1. The van der Waals surface area contributed by atoms with E-state index in [-0.39, 0.29) is 11.9 Å². The topological polar surface area (TPSA) is 12.0 Å². The lowest BCUT2D eigenvalue weighted by atomic mass is 10.1. The maximum Gasteiger partial charge on any atom is 0.146 e. The lowest BCUT2D eigenvalue weighted by molar-refractivity contribution is 0.626. The number of aryl methyl sites for hydroxylation is 1. The molecule has 2 aromatic carbocycles. The summed E-state index contributed by atoms with van der Waals surface area (Å²) in [4.78, 5) is 0. The second-order valence-electron chi connectivity index (χ2n) is 4.61. The van der Waals surface area contributed by atoms with E-state index in [0.29, 0.717) is 20.8 Å². The van der Waals surface area contributed by atoms with E-state index in [1.165, 1.54) is 6.07 Å². The fraction of sp³-hybridized carbons (Fsp3) is 0.200. The molecule has 0 fully saturated rings. The van der Waals surface area contributed by atoms with Crippen molar-refractivity contribution in [1.29, 1.82) is 0 Å². The molecule has 1 nitrogen and oxygen atoms in total. The van der Waals surface area contributed by atoms with E-state index in [1.54, 1.807) is 18.2 Å². The molecule has 1 unspecified atom stereocenters. The van der Waals surface area contributed by atoms with Gasteiger partial charge >= 0.3 is 0 Å². The van der Waals surface area contributed by atoms with Gasteiger partial charge in [-0.1, -0.05) is 46.9 Å². The molecule has 0 spiro atoms. The van der Waals surface area contributed by atoms with Crippen LogP contribution in [0, 0.1) is 12.7 Å². The standard InChI is InChI=1S/C15H13Cl3FN/c1-8-3-6-13(12(19)7-8)20-9(2)10-4-5-11(16)15(18)14(10)17/h3-7,9,20H,1-2H3. The summed E-state index contributed by atoms with van der Waals surface area (Å²) in [5.74, 6) is -0.298. The van der Waals surface area contributed by atoms with Gasteiger partial charge in [-0.05, 0) is 43.2 Å². The normalized spacial score (nSPS) is 12.3. The van der Waals surface area contributed by atoms with E-state index < -0.39 is 0 Å². The van der Waals surface area contributed by atoms with Crippen LogP contribution in [0.15, 0.2) is 30.3 Å². The van der Waals surface area contributed by atoms with Crippen molar-refractivity contribution in [3.63, 3.8) is 0 Å². The van der Waals surface area contributed by atoms with E-state index in [0.717, 1.165) is 11.1 Å². The fourth-order valence-electron chi connectivity index (χ4n) is 1.92. The van der Waals surface area contributed by atoms with Gasteiger partial charge in [-0.15, -0.1) is 0 Å². The van der Waals surface area contributed by atoms with E-state index in [9.17, 15) is 4.39 Å². The Bertz CT molecular complexity index is 643. The number of halogens is 4. The molecule has 0 saturated carbocycles. The van der Waals surface area contributed by atoms with Crippen LogP contribution in [0.3, 0.4) is 0 Å². The van der Waals surface area contributed by atoms with Crippen LogP contribution in [-0.4, -0.2) is 0 Å². The third kappa shape index (κ3) is 3.20. The first-order valence-corrected chi connectivity index (χ1v) is 7.19. The molecule has 0 saturated heterocycles. The summed E-state index contributed by atoms with van der Waals surface area (Å²) in [6.45, 7) is 3.72. The van der Waals surface area contributed by atoms with Gasteiger partial charge in [-0.3, -0.25) is 0 Å². The smallest absolute Gasteiger partial charge is 0.146 e. The Balaban J connectivity index is 2.28. The lowest BCUT2D eigenvalue weighted by Crippen LogP contribution is -2.09. The molecule has 106 valence electrons. The Morgan fingerprint density at radius 2 is 1.75 bits per heavy atom. The monoisotopic (exact) mass is 331 g/mol. The Morgan fingerprint density at radius 3 is 2.40 bits per heavy atom. The number of benzene rings is 2. The summed E-state index contributed by atoms with van der Waals surface area (Å²) in [6.07, 6.45) is 0. The Kier molecular flexibility index (Phi) is 4.79. The summed E-state index contributed by atoms with van der Waals surface area (Å²) in [5.41, 5.74) is 2.06. The molecule has 0 bridgehead atoms. The van der Waals surface area contributed by atoms with Crippen molar-refractivity contribution in [1.82, 2.24) is 0 Å². The van der Waals surface area contributed by atoms with Crippen LogP contribution in [0.2, 0.25) is 15.1 Å². The van der Waals surface area contributed by atoms with E-state index >= 15 is 0 Å². The zero-order valence-electron chi connectivity index (χ0n) is 11.0. The fourth-order valence-corrected chi connectivity index (χ4v) is 2.63. The summed E-state index contributed by atoms with van der Waals surface area (Å²) in [6, 6.07) is 8.27. The molecule has 1 atom stereocenters. The average molecular weight is 333 g/mol. The van der Waals surface area contributed by atoms with Crippen molar-refractivity contribution in [2.24, 2.45) is 0 Å². The molecule has 2 aromatic rings. The van der Waals surface area contributed by atoms with Crippen molar-refractivity contribution in [2.45, 2.75) is 19.9 Å². The molecular formula is C15H13Cl3FN. The van der Waals surface area contributed by atoms with Gasteiger partial charge in [0.1, 0.15) is 5.82 Å². The van der Waals surface area contributed by atoms with E-state index in [2.05, 4.69) is 5.32 Å². The zero-order valence-corrected chi connectivity index (χ0v) is 13.2. The SMILES string of the molecule is Cc1ccc(NC(C)c2ccc(Cl)c(Cl)c2Cl)c(F)c1. The highest BCUT2D eigenvalue weighted by atomic mass is 35.5. The van der Waals surface area contributed by atoms with Crippen molar-refractivity contribution in [3.05, 3.63) is 62.3 Å². The number of hydrogen-bond donors (Lipinski definition) is 1. The first-order valence-electron chi connectivity index (χ1n) is 6.06. The van der Waals surface area contributed by atoms with Crippen LogP contribution >= 0.6 is 34.8 Å². The number of nitrogens with one attached hydrogen (secondary N) is 1. The van der Waals surface area contributed by atoms with Crippen molar-refractivity contribution < 1.29 is 4.39 Å². The van der Waals surface area contributed by atoms with Gasteiger partial charge in [0.2, 0.25) is 0 Å². The van der Waals surface area contributed by atoms with Crippen molar-refractivity contribution in [2.75, 3.05) is 5.32 Å². The van der Waals surface area contributed by atoms with Gasteiger partial charge in [0.15, 0.2) is 0 Å². The Labute approximate surface area is 132 Å². The van der Waals surface area contributed by atoms with Gasteiger partial charge in [0, 0.05) is 0 Å². The first kappa shape index (κ1) is 15.4. The van der Waals surface area contributed by atoms with E-state index in [1.807, 2.05) is 19.9 Å². The van der Waals surface area contributed by atoms with Crippen molar-refractivity contribution >= 4 is 40.5 Å². The second kappa shape index (κ2) is 6.21. The number of rotatable bonds is 3. The van der Waals surface area contributed by atoms with Gasteiger partial charge in [-0.2, -0.15) is 0 Å². The minimum atomic E-state index is -0.298. The second-order valence-corrected chi connectivity index (χ2v) is 5.78. The molecule has 0 radical (unpaired) electrons. The Morgan fingerprint density at radius 1 is 1.05 bits per heavy atom. The maximum absolute atomic E-state index is 13.8. The highest BCUT2D eigenvalue weighted by molar-refractivity contribution is 6.48. The minimum absolute atomic E-state index is 0.200. The highest BCUT2D eigenvalue weighted by Gasteiger charge is 2.15. The Hall–Kier alpha value is -0.960. The van der Waals surface area contributed by atoms with Gasteiger partial charge < -0.3 is 5.32 Å². The van der Waals surface area contributed by atoms with E-state index in [4.69, 9.17) is 34.8 Å². The molecular weight excluding hydrogens is 320 g/mol. The summed E-state index contributed by atoms with van der Waals surface area (Å²) < 4.78 is 13.8. The third-order valence-electron chi connectivity index (χ3n) is 3.03. The van der Waals surface area contributed by atoms with Crippen molar-refractivity contribution in [3.8, 4) is 0 Å². The van der Waals surface area contributed by atoms with Crippen LogP contribution in [0.5, 0.6) is 0 Å². The molecule has 0 aliphatic carbocycles. The van der Waals surface area contributed by atoms with Crippen LogP contribution < -0.4 is 5.32 Å². The molecule has 2 rings (SSSR count).